The summed E-state index contributed by atoms with van der Waals surface area (Å²) in [4.78, 5) is 25.8. The number of hydrogen-bond acceptors (Lipinski definition) is 3. The van der Waals surface area contributed by atoms with Gasteiger partial charge in [-0.3, -0.25) is 14.3 Å². The molecule has 0 N–H and O–H groups in total. The Morgan fingerprint density at radius 3 is 2.62 bits per heavy atom. The molecule has 32 heavy (non-hydrogen) atoms. The van der Waals surface area contributed by atoms with Crippen molar-refractivity contribution in [2.75, 3.05) is 0 Å². The first-order valence-electron chi connectivity index (χ1n) is 12.3. The molecule has 5 atom stereocenters. The summed E-state index contributed by atoms with van der Waals surface area (Å²) in [5.41, 5.74) is 4.27. The zero-order chi connectivity index (χ0) is 22.1. The van der Waals surface area contributed by atoms with Gasteiger partial charge in [-0.15, -0.1) is 0 Å². The molecule has 0 unspecified atom stereocenters. The summed E-state index contributed by atoms with van der Waals surface area (Å²) in [5.74, 6) is 2.28. The first-order valence-corrected chi connectivity index (χ1v) is 12.3. The number of nitrogens with zero attached hydrogens (tertiary/aromatic N) is 2. The van der Waals surface area contributed by atoms with E-state index in [2.05, 4.69) is 38.1 Å². The first-order chi connectivity index (χ1) is 15.4. The largest absolute Gasteiger partial charge is 0.299 e. The lowest BCUT2D eigenvalue weighted by Crippen LogP contribution is -2.53. The maximum Gasteiger partial charge on any atom is 0.181 e. The molecule has 4 heteroatoms. The number of benzene rings is 1. The van der Waals surface area contributed by atoms with Crippen LogP contribution >= 0.6 is 0 Å². The van der Waals surface area contributed by atoms with Crippen molar-refractivity contribution in [2.24, 2.45) is 23.2 Å². The Kier molecular flexibility index (Phi) is 4.41. The number of rotatable bonds is 3. The van der Waals surface area contributed by atoms with Crippen molar-refractivity contribution >= 4 is 17.6 Å². The average molecular weight is 429 g/mol. The summed E-state index contributed by atoms with van der Waals surface area (Å²) in [6.45, 7) is 5.24. The van der Waals surface area contributed by atoms with Crippen LogP contribution in [0.15, 0.2) is 36.4 Å². The number of ketones is 2. The highest BCUT2D eigenvalue weighted by Crippen LogP contribution is 2.63. The molecule has 1 aromatic carbocycles. The smallest absolute Gasteiger partial charge is 0.181 e. The minimum atomic E-state index is -0.136. The van der Waals surface area contributed by atoms with E-state index in [0.717, 1.165) is 55.5 Å². The zero-order valence-corrected chi connectivity index (χ0v) is 19.1. The van der Waals surface area contributed by atoms with Crippen LogP contribution in [-0.4, -0.2) is 21.3 Å². The van der Waals surface area contributed by atoms with Crippen molar-refractivity contribution in [3.8, 4) is 0 Å². The Morgan fingerprint density at radius 2 is 1.81 bits per heavy atom. The van der Waals surface area contributed by atoms with Gasteiger partial charge in [0.15, 0.2) is 5.78 Å². The van der Waals surface area contributed by atoms with Gasteiger partial charge >= 0.3 is 0 Å². The van der Waals surface area contributed by atoms with Crippen LogP contribution in [0.5, 0.6) is 0 Å². The molecular formula is C28H32N2O2. The number of allylic oxidation sites excluding steroid dienone is 1. The SMILES string of the molecule is C[C@]12CCC(=O)c3c1c(nn3C/C=C/c1ccccc1)C[C@@H]1[C@@H]2CC[C@]2(C)C(=O)CC[C@@H]12. The number of fused-ring (bicyclic) bond motifs is 4. The van der Waals surface area contributed by atoms with Gasteiger partial charge in [-0.1, -0.05) is 56.3 Å². The molecule has 1 heterocycles. The molecule has 0 amide bonds. The summed E-state index contributed by atoms with van der Waals surface area (Å²) < 4.78 is 1.97. The minimum Gasteiger partial charge on any atom is -0.299 e. The maximum absolute atomic E-state index is 13.1. The van der Waals surface area contributed by atoms with Crippen molar-refractivity contribution in [1.82, 2.24) is 9.78 Å². The molecule has 2 aromatic rings. The van der Waals surface area contributed by atoms with Crippen LogP contribution in [0.4, 0.5) is 0 Å². The molecule has 4 nitrogen and oxygen atoms in total. The third kappa shape index (κ3) is 2.71. The molecular weight excluding hydrogens is 396 g/mol. The standard InChI is InChI=1S/C28H32N2O2/c1-27-14-12-21-19(20(27)10-11-24(27)32)17-22-25-26(23(31)13-15-28(21,25)2)30(29-22)16-6-9-18-7-4-3-5-8-18/h3-9,19-21H,10-17H2,1-2H3/b9-6+/t19-,20-,21-,27-,28+/m0/s1. The van der Waals surface area contributed by atoms with E-state index in [4.69, 9.17) is 5.10 Å². The summed E-state index contributed by atoms with van der Waals surface area (Å²) in [5, 5.41) is 5.05. The summed E-state index contributed by atoms with van der Waals surface area (Å²) >= 11 is 0. The molecule has 166 valence electrons. The Morgan fingerprint density at radius 1 is 1.03 bits per heavy atom. The van der Waals surface area contributed by atoms with E-state index >= 15 is 0 Å². The van der Waals surface area contributed by atoms with E-state index in [9.17, 15) is 9.59 Å². The molecule has 0 spiro atoms. The van der Waals surface area contributed by atoms with E-state index in [1.807, 2.05) is 22.9 Å². The van der Waals surface area contributed by atoms with Crippen LogP contribution in [0.25, 0.3) is 6.08 Å². The van der Waals surface area contributed by atoms with Gasteiger partial charge < -0.3 is 0 Å². The van der Waals surface area contributed by atoms with Crippen LogP contribution in [0.2, 0.25) is 0 Å². The van der Waals surface area contributed by atoms with E-state index in [1.165, 1.54) is 5.56 Å². The van der Waals surface area contributed by atoms with E-state index in [-0.39, 0.29) is 16.6 Å². The Labute approximate surface area is 190 Å². The summed E-state index contributed by atoms with van der Waals surface area (Å²) in [7, 11) is 0. The third-order valence-corrected chi connectivity index (χ3v) is 9.51. The van der Waals surface area contributed by atoms with E-state index in [0.29, 0.717) is 36.5 Å². The number of carbonyl (C=O) groups excluding carboxylic acids is 2. The third-order valence-electron chi connectivity index (χ3n) is 9.51. The van der Waals surface area contributed by atoms with Crippen LogP contribution in [0.3, 0.4) is 0 Å². The van der Waals surface area contributed by atoms with Gasteiger partial charge in [0.05, 0.1) is 12.2 Å². The normalized spacial score (nSPS) is 35.6. The minimum absolute atomic E-state index is 0.00978. The monoisotopic (exact) mass is 428 g/mol. The number of aromatic nitrogens is 2. The number of Topliss-reactive ketones (excluding diaryl/α,β-unsaturated/α-hetero) is 2. The Balaban J connectivity index is 1.39. The average Bonchev–Trinajstić information content (AvgIpc) is 3.31. The molecule has 6 rings (SSSR count). The van der Waals surface area contributed by atoms with E-state index < -0.39 is 0 Å². The van der Waals surface area contributed by atoms with Crippen molar-refractivity contribution in [2.45, 2.75) is 70.8 Å². The molecule has 2 saturated carbocycles. The van der Waals surface area contributed by atoms with Gasteiger partial charge in [-0.05, 0) is 55.4 Å². The quantitative estimate of drug-likeness (QED) is 0.658. The second-order valence-corrected chi connectivity index (χ2v) is 11.0. The second kappa shape index (κ2) is 7.00. The first kappa shape index (κ1) is 20.1. The van der Waals surface area contributed by atoms with Crippen LogP contribution < -0.4 is 0 Å². The molecule has 4 aliphatic rings. The fourth-order valence-electron chi connectivity index (χ4n) is 7.87. The summed E-state index contributed by atoms with van der Waals surface area (Å²) in [6, 6.07) is 10.3. The van der Waals surface area contributed by atoms with Crippen LogP contribution in [0, 0.1) is 23.2 Å². The van der Waals surface area contributed by atoms with Crippen LogP contribution in [-0.2, 0) is 23.2 Å². The fourth-order valence-corrected chi connectivity index (χ4v) is 7.87. The van der Waals surface area contributed by atoms with E-state index in [1.54, 1.807) is 0 Å². The highest BCUT2D eigenvalue weighted by Gasteiger charge is 2.60. The highest BCUT2D eigenvalue weighted by molar-refractivity contribution is 5.98. The van der Waals surface area contributed by atoms with Crippen LogP contribution in [0.1, 0.15) is 79.7 Å². The molecule has 4 aliphatic carbocycles. The van der Waals surface area contributed by atoms with Gasteiger partial charge in [0.2, 0.25) is 0 Å². The molecule has 0 saturated heterocycles. The van der Waals surface area contributed by atoms with Gasteiger partial charge in [0, 0.05) is 29.2 Å². The van der Waals surface area contributed by atoms with Crippen molar-refractivity contribution in [3.05, 3.63) is 58.9 Å². The van der Waals surface area contributed by atoms with Crippen molar-refractivity contribution < 1.29 is 9.59 Å². The predicted octanol–water partition coefficient (Wildman–Crippen LogP) is 5.40. The Bertz CT molecular complexity index is 1130. The molecule has 0 aliphatic heterocycles. The lowest BCUT2D eigenvalue weighted by atomic mass is 9.48. The molecule has 0 radical (unpaired) electrons. The number of hydrogen-bond donors (Lipinski definition) is 0. The molecule has 2 fully saturated rings. The lowest BCUT2D eigenvalue weighted by Gasteiger charge is -2.55. The highest BCUT2D eigenvalue weighted by atomic mass is 16.1. The fraction of sp³-hybridized carbons (Fsp3) is 0.536. The molecule has 0 bridgehead atoms. The van der Waals surface area contributed by atoms with Crippen molar-refractivity contribution in [1.29, 1.82) is 0 Å². The second-order valence-electron chi connectivity index (χ2n) is 11.0. The lowest BCUT2D eigenvalue weighted by molar-refractivity contribution is -0.131. The van der Waals surface area contributed by atoms with Gasteiger partial charge in [0.1, 0.15) is 11.5 Å². The van der Waals surface area contributed by atoms with Gasteiger partial charge in [-0.2, -0.15) is 5.10 Å². The maximum atomic E-state index is 13.1. The Hall–Kier alpha value is -2.49. The summed E-state index contributed by atoms with van der Waals surface area (Å²) in [6.07, 6.45) is 10.6. The zero-order valence-electron chi connectivity index (χ0n) is 19.1. The number of carbonyl (C=O) groups is 2. The molecule has 1 aromatic heterocycles. The topological polar surface area (TPSA) is 52.0 Å². The van der Waals surface area contributed by atoms with Gasteiger partial charge in [-0.25, -0.2) is 0 Å². The van der Waals surface area contributed by atoms with Crippen molar-refractivity contribution in [3.63, 3.8) is 0 Å². The van der Waals surface area contributed by atoms with Gasteiger partial charge in [0.25, 0.3) is 0 Å². The predicted molar refractivity (Wildman–Crippen MR) is 124 cm³/mol.